The van der Waals surface area contributed by atoms with Crippen LogP contribution in [0.4, 0.5) is 4.39 Å². The van der Waals surface area contributed by atoms with Crippen molar-refractivity contribution in [3.8, 4) is 5.75 Å². The van der Waals surface area contributed by atoms with Gasteiger partial charge < -0.3 is 10.5 Å². The molecule has 0 spiro atoms. The van der Waals surface area contributed by atoms with Gasteiger partial charge in [-0.3, -0.25) is 0 Å². The first-order valence-corrected chi connectivity index (χ1v) is 7.55. The molecular weight excluding hydrogens is 333 g/mol. The number of methoxy groups -OCH3 is 1. The summed E-state index contributed by atoms with van der Waals surface area (Å²) in [6.45, 7) is 1.93. The van der Waals surface area contributed by atoms with Gasteiger partial charge in [0.15, 0.2) is 0 Å². The maximum Gasteiger partial charge on any atom is 0.126 e. The summed E-state index contributed by atoms with van der Waals surface area (Å²) < 4.78 is 20.1. The average Bonchev–Trinajstić information content (AvgIpc) is 2.41. The van der Waals surface area contributed by atoms with Crippen LogP contribution in [0.1, 0.15) is 18.1 Å². The van der Waals surface area contributed by atoms with Gasteiger partial charge in [-0.1, -0.05) is 34.1 Å². The van der Waals surface area contributed by atoms with E-state index in [4.69, 9.17) is 10.5 Å². The molecular formula is C17H19BrFNO. The highest BCUT2D eigenvalue weighted by atomic mass is 79.9. The molecule has 0 radical (unpaired) electrons. The Morgan fingerprint density at radius 1 is 1.14 bits per heavy atom. The van der Waals surface area contributed by atoms with Crippen LogP contribution in [0.5, 0.6) is 5.75 Å². The fraction of sp³-hybridized carbons (Fsp3) is 0.294. The molecule has 0 fully saturated rings. The Labute approximate surface area is 133 Å². The molecule has 21 heavy (non-hydrogen) atoms. The summed E-state index contributed by atoms with van der Waals surface area (Å²) in [5.74, 6) is 0.582. The van der Waals surface area contributed by atoms with Crippen LogP contribution in [-0.4, -0.2) is 12.6 Å². The van der Waals surface area contributed by atoms with E-state index < -0.39 is 5.54 Å². The minimum absolute atomic E-state index is 0.213. The molecule has 0 aromatic heterocycles. The molecule has 0 amide bonds. The predicted octanol–water partition coefficient (Wildman–Crippen LogP) is 4.10. The smallest absolute Gasteiger partial charge is 0.126 e. The number of rotatable bonds is 5. The number of nitrogens with two attached hydrogens (primary N) is 1. The molecule has 2 nitrogen and oxygen atoms in total. The van der Waals surface area contributed by atoms with Crippen LogP contribution >= 0.6 is 15.9 Å². The lowest BCUT2D eigenvalue weighted by Gasteiger charge is -2.26. The average molecular weight is 352 g/mol. The van der Waals surface area contributed by atoms with E-state index in [1.807, 2.05) is 31.2 Å². The topological polar surface area (TPSA) is 35.2 Å². The van der Waals surface area contributed by atoms with Crippen molar-refractivity contribution in [3.63, 3.8) is 0 Å². The molecule has 2 rings (SSSR count). The second-order valence-corrected chi connectivity index (χ2v) is 6.47. The van der Waals surface area contributed by atoms with E-state index in [9.17, 15) is 4.39 Å². The SMILES string of the molecule is COc1ccc(Br)cc1CC(C)(N)Cc1ccccc1F. The van der Waals surface area contributed by atoms with Crippen LogP contribution in [0, 0.1) is 5.82 Å². The second-order valence-electron chi connectivity index (χ2n) is 5.56. The van der Waals surface area contributed by atoms with Gasteiger partial charge in [0.2, 0.25) is 0 Å². The van der Waals surface area contributed by atoms with Crippen LogP contribution in [-0.2, 0) is 12.8 Å². The first-order chi connectivity index (χ1) is 9.91. The van der Waals surface area contributed by atoms with Crippen molar-refractivity contribution in [2.45, 2.75) is 25.3 Å². The quantitative estimate of drug-likeness (QED) is 0.879. The maximum absolute atomic E-state index is 13.8. The summed E-state index contributed by atoms with van der Waals surface area (Å²) in [4.78, 5) is 0. The third kappa shape index (κ3) is 4.29. The Balaban J connectivity index is 2.21. The molecule has 2 aromatic carbocycles. The predicted molar refractivity (Wildman–Crippen MR) is 87.1 cm³/mol. The van der Waals surface area contributed by atoms with E-state index in [0.717, 1.165) is 15.8 Å². The summed E-state index contributed by atoms with van der Waals surface area (Å²) in [6, 6.07) is 12.6. The molecule has 2 N–H and O–H groups in total. The van der Waals surface area contributed by atoms with Crippen LogP contribution in [0.15, 0.2) is 46.9 Å². The third-order valence-electron chi connectivity index (χ3n) is 3.39. The molecule has 0 bridgehead atoms. The van der Waals surface area contributed by atoms with Gasteiger partial charge in [0.05, 0.1) is 7.11 Å². The zero-order valence-electron chi connectivity index (χ0n) is 12.2. The highest BCUT2D eigenvalue weighted by molar-refractivity contribution is 9.10. The fourth-order valence-corrected chi connectivity index (χ4v) is 2.87. The van der Waals surface area contributed by atoms with Crippen LogP contribution in [0.25, 0.3) is 0 Å². The summed E-state index contributed by atoms with van der Waals surface area (Å²) >= 11 is 3.46. The van der Waals surface area contributed by atoms with Crippen molar-refractivity contribution < 1.29 is 9.13 Å². The lowest BCUT2D eigenvalue weighted by Crippen LogP contribution is -2.41. The van der Waals surface area contributed by atoms with Crippen molar-refractivity contribution in [1.29, 1.82) is 0 Å². The fourth-order valence-electron chi connectivity index (χ4n) is 2.46. The molecule has 1 atom stereocenters. The van der Waals surface area contributed by atoms with Crippen LogP contribution < -0.4 is 10.5 Å². The first-order valence-electron chi connectivity index (χ1n) is 6.76. The Kier molecular flexibility index (Phi) is 5.01. The minimum Gasteiger partial charge on any atom is -0.496 e. The van der Waals surface area contributed by atoms with Gasteiger partial charge in [0.25, 0.3) is 0 Å². The molecule has 0 aliphatic heterocycles. The molecule has 0 saturated carbocycles. The molecule has 4 heteroatoms. The summed E-state index contributed by atoms with van der Waals surface area (Å²) in [5, 5.41) is 0. The zero-order chi connectivity index (χ0) is 15.5. The monoisotopic (exact) mass is 351 g/mol. The van der Waals surface area contributed by atoms with Gasteiger partial charge in [-0.2, -0.15) is 0 Å². The van der Waals surface area contributed by atoms with Crippen molar-refractivity contribution in [2.75, 3.05) is 7.11 Å². The molecule has 2 aromatic rings. The highest BCUT2D eigenvalue weighted by Crippen LogP contribution is 2.27. The first kappa shape index (κ1) is 16.0. The normalized spacial score (nSPS) is 13.8. The van der Waals surface area contributed by atoms with Gasteiger partial charge in [0.1, 0.15) is 11.6 Å². The summed E-state index contributed by atoms with van der Waals surface area (Å²) in [5.41, 5.74) is 7.47. The van der Waals surface area contributed by atoms with Crippen molar-refractivity contribution in [3.05, 3.63) is 63.9 Å². The zero-order valence-corrected chi connectivity index (χ0v) is 13.8. The minimum atomic E-state index is -0.559. The molecule has 0 heterocycles. The van der Waals surface area contributed by atoms with Gasteiger partial charge >= 0.3 is 0 Å². The number of ether oxygens (including phenoxy) is 1. The Bertz CT molecular complexity index is 628. The highest BCUT2D eigenvalue weighted by Gasteiger charge is 2.23. The summed E-state index contributed by atoms with van der Waals surface area (Å²) in [7, 11) is 1.64. The van der Waals surface area contributed by atoms with Crippen molar-refractivity contribution in [1.82, 2.24) is 0 Å². The number of hydrogen-bond acceptors (Lipinski definition) is 2. The molecule has 112 valence electrons. The lowest BCUT2D eigenvalue weighted by atomic mass is 9.87. The standard InChI is InChI=1S/C17H19BrFNO/c1-17(20,10-12-5-3-4-6-15(12)19)11-13-9-14(18)7-8-16(13)21-2/h3-9H,10-11,20H2,1-2H3. The largest absolute Gasteiger partial charge is 0.496 e. The third-order valence-corrected chi connectivity index (χ3v) is 3.88. The van der Waals surface area contributed by atoms with Gasteiger partial charge in [0, 0.05) is 10.0 Å². The number of benzene rings is 2. The number of hydrogen-bond donors (Lipinski definition) is 1. The van der Waals surface area contributed by atoms with E-state index in [0.29, 0.717) is 18.4 Å². The van der Waals surface area contributed by atoms with E-state index in [1.54, 1.807) is 19.2 Å². The Morgan fingerprint density at radius 2 is 1.81 bits per heavy atom. The van der Waals surface area contributed by atoms with Crippen LogP contribution in [0.3, 0.4) is 0 Å². The second kappa shape index (κ2) is 6.58. The van der Waals surface area contributed by atoms with E-state index in [2.05, 4.69) is 15.9 Å². The number of halogens is 2. The van der Waals surface area contributed by atoms with Gasteiger partial charge in [-0.15, -0.1) is 0 Å². The molecule has 1 unspecified atom stereocenters. The van der Waals surface area contributed by atoms with E-state index in [1.165, 1.54) is 6.07 Å². The molecule has 0 saturated heterocycles. The van der Waals surface area contributed by atoms with Crippen molar-refractivity contribution in [2.24, 2.45) is 5.73 Å². The Hall–Kier alpha value is -1.39. The summed E-state index contributed by atoms with van der Waals surface area (Å²) in [6.07, 6.45) is 1.07. The molecule has 0 aliphatic carbocycles. The van der Waals surface area contributed by atoms with Gasteiger partial charge in [-0.25, -0.2) is 4.39 Å². The van der Waals surface area contributed by atoms with Crippen molar-refractivity contribution >= 4 is 15.9 Å². The van der Waals surface area contributed by atoms with E-state index >= 15 is 0 Å². The Morgan fingerprint density at radius 3 is 2.48 bits per heavy atom. The lowest BCUT2D eigenvalue weighted by molar-refractivity contribution is 0.395. The maximum atomic E-state index is 13.8. The van der Waals surface area contributed by atoms with Crippen LogP contribution in [0.2, 0.25) is 0 Å². The van der Waals surface area contributed by atoms with Gasteiger partial charge in [-0.05, 0) is 55.2 Å². The van der Waals surface area contributed by atoms with E-state index in [-0.39, 0.29) is 5.82 Å². The molecule has 0 aliphatic rings.